The van der Waals surface area contributed by atoms with Crippen LogP contribution in [-0.2, 0) is 20.7 Å². The van der Waals surface area contributed by atoms with Crippen LogP contribution in [-0.4, -0.2) is 44.1 Å². The molecule has 0 aliphatic rings. The SMILES string of the molecule is C=Cc1ccc(C(=O)OCC(=O)/C(=N\Nc2ccc(N=O)cc2OC)C(=O)Cc2ccccc2OC)cc1. The van der Waals surface area contributed by atoms with Gasteiger partial charge >= 0.3 is 5.97 Å². The summed E-state index contributed by atoms with van der Waals surface area (Å²) in [6.45, 7) is 2.94. The van der Waals surface area contributed by atoms with Crippen LogP contribution in [0.1, 0.15) is 21.5 Å². The smallest absolute Gasteiger partial charge is 0.338 e. The maximum atomic E-state index is 13.2. The number of hydrogen-bond acceptors (Lipinski definition) is 10. The number of ketones is 2. The van der Waals surface area contributed by atoms with Gasteiger partial charge in [-0.2, -0.15) is 5.10 Å². The molecule has 0 fully saturated rings. The fourth-order valence-electron chi connectivity index (χ4n) is 3.37. The first-order valence-corrected chi connectivity index (χ1v) is 11.3. The number of Topliss-reactive ketones (excluding diaryl/α,β-unsaturated/α-hetero) is 2. The number of anilines is 1. The van der Waals surface area contributed by atoms with E-state index >= 15 is 0 Å². The van der Waals surface area contributed by atoms with Crippen molar-refractivity contribution in [2.75, 3.05) is 26.3 Å². The highest BCUT2D eigenvalue weighted by molar-refractivity contribution is 6.66. The lowest BCUT2D eigenvalue weighted by atomic mass is 10.0. The van der Waals surface area contributed by atoms with Gasteiger partial charge in [-0.3, -0.25) is 15.0 Å². The standard InChI is InChI=1S/C28H25N3O7/c1-4-18-9-11-19(12-10-18)28(34)38-17-24(33)27(23(32)15-20-7-5-6-8-25(20)36-2)30-29-22-14-13-21(31-35)16-26(22)37-3/h4-14,16,29H,1,15,17H2,2-3H3/b30-27-. The van der Waals surface area contributed by atoms with Crippen molar-refractivity contribution in [3.8, 4) is 11.5 Å². The number of carbonyl (C=O) groups excluding carboxylic acids is 3. The van der Waals surface area contributed by atoms with E-state index in [9.17, 15) is 19.3 Å². The summed E-state index contributed by atoms with van der Waals surface area (Å²) in [7, 11) is 2.84. The average Bonchev–Trinajstić information content (AvgIpc) is 2.96. The molecule has 38 heavy (non-hydrogen) atoms. The molecular weight excluding hydrogens is 490 g/mol. The van der Waals surface area contributed by atoms with Gasteiger partial charge in [0.25, 0.3) is 0 Å². The van der Waals surface area contributed by atoms with Crippen LogP contribution in [0.2, 0.25) is 0 Å². The fraction of sp³-hybridized carbons (Fsp3) is 0.143. The molecule has 1 N–H and O–H groups in total. The third-order valence-electron chi connectivity index (χ3n) is 5.37. The van der Waals surface area contributed by atoms with E-state index in [2.05, 4.69) is 22.3 Å². The average molecular weight is 516 g/mol. The second kappa shape index (κ2) is 13.3. The fourth-order valence-corrected chi connectivity index (χ4v) is 3.37. The molecule has 194 valence electrons. The van der Waals surface area contributed by atoms with Crippen molar-refractivity contribution in [1.29, 1.82) is 0 Å². The molecule has 0 heterocycles. The highest BCUT2D eigenvalue weighted by Gasteiger charge is 2.24. The van der Waals surface area contributed by atoms with Gasteiger partial charge in [0, 0.05) is 18.1 Å². The van der Waals surface area contributed by atoms with Gasteiger partial charge < -0.3 is 14.2 Å². The number of hydrazone groups is 1. The molecule has 3 aromatic rings. The maximum Gasteiger partial charge on any atom is 0.338 e. The Bertz CT molecular complexity index is 1380. The molecule has 0 aliphatic heterocycles. The molecule has 0 aromatic heterocycles. The lowest BCUT2D eigenvalue weighted by Gasteiger charge is -2.11. The van der Waals surface area contributed by atoms with Crippen molar-refractivity contribution >= 4 is 40.7 Å². The number of carbonyl (C=O) groups is 3. The van der Waals surface area contributed by atoms with Crippen LogP contribution in [0.3, 0.4) is 0 Å². The van der Waals surface area contributed by atoms with Crippen LogP contribution in [0.15, 0.2) is 83.6 Å². The van der Waals surface area contributed by atoms with Gasteiger partial charge in [0.15, 0.2) is 18.1 Å². The molecule has 0 atom stereocenters. The number of hydrogen-bond donors (Lipinski definition) is 1. The number of esters is 1. The second-order valence-corrected chi connectivity index (χ2v) is 7.79. The number of ether oxygens (including phenoxy) is 3. The lowest BCUT2D eigenvalue weighted by molar-refractivity contribution is -0.118. The summed E-state index contributed by atoms with van der Waals surface area (Å²) >= 11 is 0. The zero-order chi connectivity index (χ0) is 27.5. The van der Waals surface area contributed by atoms with Gasteiger partial charge in [0.05, 0.1) is 25.5 Å². The Morgan fingerprint density at radius 2 is 1.63 bits per heavy atom. The van der Waals surface area contributed by atoms with E-state index < -0.39 is 29.9 Å². The molecule has 10 nitrogen and oxygen atoms in total. The summed E-state index contributed by atoms with van der Waals surface area (Å²) in [6, 6.07) is 17.5. The molecule has 0 aliphatic carbocycles. The Labute approximate surface area is 218 Å². The molecular formula is C28H25N3O7. The van der Waals surface area contributed by atoms with E-state index in [4.69, 9.17) is 14.2 Å². The summed E-state index contributed by atoms with van der Waals surface area (Å²) in [5.41, 5.74) is 4.11. The number of nitrogens with one attached hydrogen (secondary N) is 1. The van der Waals surface area contributed by atoms with Gasteiger partial charge in [-0.25, -0.2) is 4.79 Å². The van der Waals surface area contributed by atoms with Crippen molar-refractivity contribution in [3.63, 3.8) is 0 Å². The third kappa shape index (κ3) is 6.97. The summed E-state index contributed by atoms with van der Waals surface area (Å²) in [5.74, 6) is -1.52. The Morgan fingerprint density at radius 3 is 2.29 bits per heavy atom. The first kappa shape index (κ1) is 27.5. The van der Waals surface area contributed by atoms with E-state index in [1.165, 1.54) is 44.6 Å². The Kier molecular flexibility index (Phi) is 9.59. The highest BCUT2D eigenvalue weighted by Crippen LogP contribution is 2.29. The van der Waals surface area contributed by atoms with Crippen molar-refractivity contribution in [3.05, 3.63) is 94.9 Å². The van der Waals surface area contributed by atoms with Gasteiger partial charge in [-0.15, -0.1) is 4.91 Å². The highest BCUT2D eigenvalue weighted by atomic mass is 16.5. The molecule has 0 amide bonds. The molecule has 0 saturated heterocycles. The quantitative estimate of drug-likeness (QED) is 0.113. The minimum Gasteiger partial charge on any atom is -0.496 e. The number of para-hydroxylation sites is 1. The van der Waals surface area contributed by atoms with E-state index in [0.29, 0.717) is 11.3 Å². The number of nitrogens with zero attached hydrogens (tertiary/aromatic N) is 2. The molecule has 10 heteroatoms. The van der Waals surface area contributed by atoms with Crippen LogP contribution in [0.5, 0.6) is 11.5 Å². The second-order valence-electron chi connectivity index (χ2n) is 7.79. The maximum absolute atomic E-state index is 13.2. The number of nitroso groups, excluding NO2 is 1. The van der Waals surface area contributed by atoms with Crippen LogP contribution >= 0.6 is 0 Å². The Hall–Kier alpha value is -5.12. The van der Waals surface area contributed by atoms with Gasteiger partial charge in [0.2, 0.25) is 5.78 Å². The lowest BCUT2D eigenvalue weighted by Crippen LogP contribution is -2.31. The summed E-state index contributed by atoms with van der Waals surface area (Å²) in [4.78, 5) is 49.5. The number of benzene rings is 3. The molecule has 0 unspecified atom stereocenters. The predicted octanol–water partition coefficient (Wildman–Crippen LogP) is 4.75. The Morgan fingerprint density at radius 1 is 0.921 bits per heavy atom. The third-order valence-corrected chi connectivity index (χ3v) is 5.37. The minimum absolute atomic E-state index is 0.118. The topological polar surface area (TPSA) is 133 Å². The first-order chi connectivity index (χ1) is 18.4. The molecule has 0 saturated carbocycles. The van der Waals surface area contributed by atoms with Gasteiger partial charge in [-0.1, -0.05) is 43.0 Å². The van der Waals surface area contributed by atoms with Crippen molar-refractivity contribution in [1.82, 2.24) is 0 Å². The monoisotopic (exact) mass is 515 g/mol. The Balaban J connectivity index is 1.84. The largest absolute Gasteiger partial charge is 0.496 e. The minimum atomic E-state index is -0.821. The zero-order valence-corrected chi connectivity index (χ0v) is 20.8. The number of methoxy groups -OCH3 is 2. The van der Waals surface area contributed by atoms with E-state index in [0.717, 1.165) is 5.56 Å². The van der Waals surface area contributed by atoms with Gasteiger partial charge in [-0.05, 0) is 41.1 Å². The molecule has 0 radical (unpaired) electrons. The van der Waals surface area contributed by atoms with Crippen LogP contribution < -0.4 is 14.9 Å². The molecule has 0 bridgehead atoms. The van der Waals surface area contributed by atoms with Crippen molar-refractivity contribution in [2.24, 2.45) is 10.3 Å². The van der Waals surface area contributed by atoms with Gasteiger partial charge in [0.1, 0.15) is 17.2 Å². The van der Waals surface area contributed by atoms with Crippen molar-refractivity contribution < 1.29 is 28.6 Å². The summed E-state index contributed by atoms with van der Waals surface area (Å²) < 4.78 is 15.7. The van der Waals surface area contributed by atoms with Crippen LogP contribution in [0.4, 0.5) is 11.4 Å². The number of rotatable bonds is 13. The summed E-state index contributed by atoms with van der Waals surface area (Å²) in [5, 5.41) is 6.86. The zero-order valence-electron chi connectivity index (χ0n) is 20.8. The van der Waals surface area contributed by atoms with E-state index in [-0.39, 0.29) is 29.1 Å². The van der Waals surface area contributed by atoms with Crippen LogP contribution in [0, 0.1) is 4.91 Å². The molecule has 3 rings (SSSR count). The van der Waals surface area contributed by atoms with Crippen molar-refractivity contribution in [2.45, 2.75) is 6.42 Å². The molecule has 0 spiro atoms. The van der Waals surface area contributed by atoms with E-state index in [1.807, 2.05) is 0 Å². The van der Waals surface area contributed by atoms with E-state index in [1.54, 1.807) is 42.5 Å². The predicted molar refractivity (Wildman–Crippen MR) is 143 cm³/mol. The van der Waals surface area contributed by atoms with Crippen LogP contribution in [0.25, 0.3) is 6.08 Å². The molecule has 3 aromatic carbocycles. The summed E-state index contributed by atoms with van der Waals surface area (Å²) in [6.07, 6.45) is 1.43. The normalized spacial score (nSPS) is 10.7. The first-order valence-electron chi connectivity index (χ1n) is 11.3.